The van der Waals surface area contributed by atoms with Crippen LogP contribution in [-0.2, 0) is 6.54 Å². The Morgan fingerprint density at radius 1 is 1.71 bits per heavy atom. The Morgan fingerprint density at radius 2 is 2.57 bits per heavy atom. The van der Waals surface area contributed by atoms with Crippen LogP contribution < -0.4 is 5.73 Å². The Morgan fingerprint density at radius 3 is 3.14 bits per heavy atom. The lowest BCUT2D eigenvalue weighted by Crippen LogP contribution is -2.27. The third kappa shape index (κ3) is 2.13. The maximum absolute atomic E-state index is 5.69. The second-order valence-corrected chi connectivity index (χ2v) is 4.81. The van der Waals surface area contributed by atoms with Crippen molar-refractivity contribution in [3.05, 3.63) is 16.6 Å². The van der Waals surface area contributed by atoms with Gasteiger partial charge in [-0.25, -0.2) is 4.98 Å². The molecule has 0 amide bonds. The van der Waals surface area contributed by atoms with E-state index in [-0.39, 0.29) is 0 Å². The van der Waals surface area contributed by atoms with Gasteiger partial charge in [-0.3, -0.25) is 4.90 Å². The van der Waals surface area contributed by atoms with Gasteiger partial charge in [-0.15, -0.1) is 11.3 Å². The summed E-state index contributed by atoms with van der Waals surface area (Å²) in [6.45, 7) is 5.22. The molecule has 4 heteroatoms. The minimum atomic E-state index is 0.658. The highest BCUT2D eigenvalue weighted by atomic mass is 32.1. The van der Waals surface area contributed by atoms with Crippen molar-refractivity contribution in [3.8, 4) is 0 Å². The Balaban J connectivity index is 1.93. The number of hydrogen-bond donors (Lipinski definition) is 1. The number of aromatic nitrogens is 1. The fourth-order valence-corrected chi connectivity index (χ4v) is 2.68. The topological polar surface area (TPSA) is 42.1 Å². The smallest absolute Gasteiger partial charge is 0.0795 e. The van der Waals surface area contributed by atoms with Crippen molar-refractivity contribution in [1.29, 1.82) is 0 Å². The molecule has 78 valence electrons. The van der Waals surface area contributed by atoms with Crippen LogP contribution in [-0.4, -0.2) is 29.0 Å². The summed E-state index contributed by atoms with van der Waals surface area (Å²) in [4.78, 5) is 6.79. The molecule has 1 fully saturated rings. The number of rotatable bonds is 3. The molecule has 2 N–H and O–H groups in total. The van der Waals surface area contributed by atoms with Crippen LogP contribution in [0.15, 0.2) is 10.9 Å². The quantitative estimate of drug-likeness (QED) is 0.819. The molecule has 0 spiro atoms. The lowest BCUT2D eigenvalue weighted by atomic mass is 10.1. The van der Waals surface area contributed by atoms with Crippen LogP contribution in [0.3, 0.4) is 0 Å². The molecule has 1 saturated heterocycles. The summed E-state index contributed by atoms with van der Waals surface area (Å²) < 4.78 is 0. The van der Waals surface area contributed by atoms with E-state index in [2.05, 4.69) is 22.2 Å². The maximum atomic E-state index is 5.69. The van der Waals surface area contributed by atoms with Gasteiger partial charge in [0.15, 0.2) is 0 Å². The molecule has 0 saturated carbocycles. The van der Waals surface area contributed by atoms with Crippen LogP contribution >= 0.6 is 11.3 Å². The van der Waals surface area contributed by atoms with Gasteiger partial charge in [-0.05, 0) is 25.8 Å². The van der Waals surface area contributed by atoms with E-state index in [1.165, 1.54) is 12.1 Å². The van der Waals surface area contributed by atoms with Gasteiger partial charge in [0.1, 0.15) is 0 Å². The average molecular weight is 211 g/mol. The van der Waals surface area contributed by atoms with Gasteiger partial charge >= 0.3 is 0 Å². The van der Waals surface area contributed by atoms with Crippen molar-refractivity contribution < 1.29 is 0 Å². The summed E-state index contributed by atoms with van der Waals surface area (Å²) in [5, 5.41) is 2.13. The number of likely N-dealkylation sites (tertiary alicyclic amines) is 1. The molecule has 2 rings (SSSR count). The van der Waals surface area contributed by atoms with Gasteiger partial charge < -0.3 is 5.73 Å². The van der Waals surface area contributed by atoms with E-state index >= 15 is 0 Å². The average Bonchev–Trinajstić information content (AvgIpc) is 2.78. The van der Waals surface area contributed by atoms with Crippen molar-refractivity contribution in [2.24, 2.45) is 11.7 Å². The fraction of sp³-hybridized carbons (Fsp3) is 0.700. The molecule has 3 nitrogen and oxygen atoms in total. The van der Waals surface area contributed by atoms with Crippen LogP contribution in [0.5, 0.6) is 0 Å². The van der Waals surface area contributed by atoms with E-state index in [1.807, 2.05) is 5.51 Å². The van der Waals surface area contributed by atoms with Crippen molar-refractivity contribution >= 4 is 11.3 Å². The molecule has 1 aromatic rings. The molecule has 2 heterocycles. The fourth-order valence-electron chi connectivity index (χ4n) is 2.13. The first-order valence-corrected chi connectivity index (χ1v) is 6.05. The van der Waals surface area contributed by atoms with E-state index in [0.717, 1.165) is 19.6 Å². The van der Waals surface area contributed by atoms with E-state index in [9.17, 15) is 0 Å². The molecule has 2 unspecified atom stereocenters. The summed E-state index contributed by atoms with van der Waals surface area (Å²) in [6, 6.07) is 0.658. The van der Waals surface area contributed by atoms with Gasteiger partial charge in [0.2, 0.25) is 0 Å². The molecule has 0 aromatic carbocycles. The molecule has 1 aliphatic heterocycles. The SMILES string of the molecule is CC1CC(CN)CN1Cc1cscn1. The zero-order chi connectivity index (χ0) is 9.97. The van der Waals surface area contributed by atoms with Crippen molar-refractivity contribution in [3.63, 3.8) is 0 Å². The first kappa shape index (κ1) is 10.1. The molecule has 0 aliphatic carbocycles. The summed E-state index contributed by atoms with van der Waals surface area (Å²) in [7, 11) is 0. The molecule has 1 aliphatic rings. The van der Waals surface area contributed by atoms with Crippen molar-refractivity contribution in [1.82, 2.24) is 9.88 Å². The highest BCUT2D eigenvalue weighted by molar-refractivity contribution is 7.07. The monoisotopic (exact) mass is 211 g/mol. The normalized spacial score (nSPS) is 28.4. The minimum Gasteiger partial charge on any atom is -0.330 e. The summed E-state index contributed by atoms with van der Waals surface area (Å²) >= 11 is 1.67. The third-order valence-electron chi connectivity index (χ3n) is 2.97. The molecule has 0 bridgehead atoms. The third-order valence-corrected chi connectivity index (χ3v) is 3.61. The van der Waals surface area contributed by atoms with Crippen LogP contribution in [0.25, 0.3) is 0 Å². The zero-order valence-corrected chi connectivity index (χ0v) is 9.33. The standard InChI is InChI=1S/C10H17N3S/c1-8-2-9(3-11)4-13(8)5-10-6-14-7-12-10/h6-9H,2-5,11H2,1H3. The van der Waals surface area contributed by atoms with E-state index in [4.69, 9.17) is 5.73 Å². The minimum absolute atomic E-state index is 0.658. The van der Waals surface area contributed by atoms with Gasteiger partial charge in [-0.2, -0.15) is 0 Å². The Labute approximate surface area is 88.9 Å². The number of thiazole rings is 1. The van der Waals surface area contributed by atoms with Crippen molar-refractivity contribution in [2.75, 3.05) is 13.1 Å². The lowest BCUT2D eigenvalue weighted by molar-refractivity contribution is 0.253. The Bertz CT molecular complexity index is 273. The predicted molar refractivity (Wildman–Crippen MR) is 59.1 cm³/mol. The summed E-state index contributed by atoms with van der Waals surface area (Å²) in [5.41, 5.74) is 8.78. The highest BCUT2D eigenvalue weighted by Crippen LogP contribution is 2.23. The van der Waals surface area contributed by atoms with Crippen LogP contribution in [0.2, 0.25) is 0 Å². The Kier molecular flexibility index (Phi) is 3.15. The van der Waals surface area contributed by atoms with Gasteiger partial charge in [-0.1, -0.05) is 0 Å². The Hall–Kier alpha value is -0.450. The first-order valence-electron chi connectivity index (χ1n) is 5.10. The maximum Gasteiger partial charge on any atom is 0.0795 e. The number of nitrogens with two attached hydrogens (primary N) is 1. The van der Waals surface area contributed by atoms with Gasteiger partial charge in [0.05, 0.1) is 11.2 Å². The molecule has 0 radical (unpaired) electrons. The van der Waals surface area contributed by atoms with E-state index in [0.29, 0.717) is 12.0 Å². The number of nitrogens with zero attached hydrogens (tertiary/aromatic N) is 2. The van der Waals surface area contributed by atoms with Crippen LogP contribution in [0, 0.1) is 5.92 Å². The van der Waals surface area contributed by atoms with Crippen molar-refractivity contribution in [2.45, 2.75) is 25.9 Å². The predicted octanol–water partition coefficient (Wildman–Crippen LogP) is 1.31. The largest absolute Gasteiger partial charge is 0.330 e. The molecular formula is C10H17N3S. The zero-order valence-electron chi connectivity index (χ0n) is 8.52. The molecular weight excluding hydrogens is 194 g/mol. The highest BCUT2D eigenvalue weighted by Gasteiger charge is 2.27. The molecule has 14 heavy (non-hydrogen) atoms. The van der Waals surface area contributed by atoms with E-state index < -0.39 is 0 Å². The summed E-state index contributed by atoms with van der Waals surface area (Å²) in [6.07, 6.45) is 1.24. The molecule has 2 atom stereocenters. The summed E-state index contributed by atoms with van der Waals surface area (Å²) in [5.74, 6) is 0.684. The van der Waals surface area contributed by atoms with Crippen LogP contribution in [0.1, 0.15) is 19.0 Å². The lowest BCUT2D eigenvalue weighted by Gasteiger charge is -2.19. The number of hydrogen-bond acceptors (Lipinski definition) is 4. The second-order valence-electron chi connectivity index (χ2n) is 4.10. The van der Waals surface area contributed by atoms with E-state index in [1.54, 1.807) is 11.3 Å². The first-order chi connectivity index (χ1) is 6.79. The van der Waals surface area contributed by atoms with Gasteiger partial charge in [0, 0.05) is 24.5 Å². The van der Waals surface area contributed by atoms with Gasteiger partial charge in [0.25, 0.3) is 0 Å². The second kappa shape index (κ2) is 4.38. The van der Waals surface area contributed by atoms with Crippen LogP contribution in [0.4, 0.5) is 0 Å². The molecule has 1 aromatic heterocycles.